The SMILES string of the molecule is CCCCCCC(=O)NC(CC)(CC)C(=O)O. The van der Waals surface area contributed by atoms with Crippen molar-refractivity contribution in [3.63, 3.8) is 0 Å². The highest BCUT2D eigenvalue weighted by atomic mass is 16.4. The molecule has 0 bridgehead atoms. The molecule has 0 saturated carbocycles. The van der Waals surface area contributed by atoms with Gasteiger partial charge in [-0.3, -0.25) is 4.79 Å². The topological polar surface area (TPSA) is 66.4 Å². The third-order valence-electron chi connectivity index (χ3n) is 3.25. The number of rotatable bonds is 9. The van der Waals surface area contributed by atoms with Gasteiger partial charge in [-0.1, -0.05) is 40.0 Å². The first-order valence-corrected chi connectivity index (χ1v) is 6.56. The standard InChI is InChI=1S/C13H25NO3/c1-4-7-8-9-10-11(15)14-13(5-2,6-3)12(16)17/h4-10H2,1-3H3,(H,14,15)(H,16,17). The lowest BCUT2D eigenvalue weighted by Crippen LogP contribution is -2.53. The van der Waals surface area contributed by atoms with Gasteiger partial charge in [0.05, 0.1) is 0 Å². The van der Waals surface area contributed by atoms with Gasteiger partial charge in [0.15, 0.2) is 0 Å². The maximum atomic E-state index is 11.7. The molecule has 2 N–H and O–H groups in total. The third-order valence-corrected chi connectivity index (χ3v) is 3.25. The Morgan fingerprint density at radius 2 is 1.65 bits per heavy atom. The van der Waals surface area contributed by atoms with Gasteiger partial charge in [0.1, 0.15) is 5.54 Å². The van der Waals surface area contributed by atoms with Crippen molar-refractivity contribution in [3.8, 4) is 0 Å². The van der Waals surface area contributed by atoms with E-state index in [0.29, 0.717) is 19.3 Å². The van der Waals surface area contributed by atoms with E-state index in [4.69, 9.17) is 5.11 Å². The van der Waals surface area contributed by atoms with Crippen LogP contribution in [0.25, 0.3) is 0 Å². The molecule has 100 valence electrons. The van der Waals surface area contributed by atoms with Gasteiger partial charge in [-0.25, -0.2) is 4.79 Å². The van der Waals surface area contributed by atoms with Gasteiger partial charge in [0, 0.05) is 6.42 Å². The number of carboxylic acids is 1. The first-order valence-electron chi connectivity index (χ1n) is 6.56. The minimum Gasteiger partial charge on any atom is -0.480 e. The lowest BCUT2D eigenvalue weighted by molar-refractivity contribution is -0.148. The summed E-state index contributed by atoms with van der Waals surface area (Å²) in [6.07, 6.45) is 5.38. The summed E-state index contributed by atoms with van der Waals surface area (Å²) >= 11 is 0. The molecule has 0 fully saturated rings. The number of amides is 1. The zero-order chi connectivity index (χ0) is 13.3. The molecule has 17 heavy (non-hydrogen) atoms. The summed E-state index contributed by atoms with van der Waals surface area (Å²) in [5, 5.41) is 11.8. The molecule has 0 aliphatic carbocycles. The number of carbonyl (C=O) groups excluding carboxylic acids is 1. The van der Waals surface area contributed by atoms with Crippen LogP contribution in [-0.2, 0) is 9.59 Å². The van der Waals surface area contributed by atoms with Crippen molar-refractivity contribution in [1.82, 2.24) is 5.32 Å². The minimum absolute atomic E-state index is 0.146. The Bertz CT molecular complexity index is 247. The van der Waals surface area contributed by atoms with E-state index in [1.54, 1.807) is 13.8 Å². The van der Waals surface area contributed by atoms with E-state index in [9.17, 15) is 9.59 Å². The number of unbranched alkanes of at least 4 members (excludes halogenated alkanes) is 3. The van der Waals surface area contributed by atoms with E-state index in [1.165, 1.54) is 0 Å². The fourth-order valence-electron chi connectivity index (χ4n) is 1.82. The van der Waals surface area contributed by atoms with Crippen molar-refractivity contribution >= 4 is 11.9 Å². The molecule has 4 heteroatoms. The van der Waals surface area contributed by atoms with Crippen LogP contribution in [0.1, 0.15) is 65.7 Å². The van der Waals surface area contributed by atoms with Gasteiger partial charge in [0.25, 0.3) is 0 Å². The van der Waals surface area contributed by atoms with Gasteiger partial charge >= 0.3 is 5.97 Å². The Balaban J connectivity index is 4.18. The Morgan fingerprint density at radius 1 is 1.06 bits per heavy atom. The lowest BCUT2D eigenvalue weighted by atomic mass is 9.92. The van der Waals surface area contributed by atoms with Crippen molar-refractivity contribution in [2.75, 3.05) is 0 Å². The van der Waals surface area contributed by atoms with Crippen molar-refractivity contribution in [1.29, 1.82) is 0 Å². The van der Waals surface area contributed by atoms with Crippen LogP contribution in [0.2, 0.25) is 0 Å². The highest BCUT2D eigenvalue weighted by Gasteiger charge is 2.35. The zero-order valence-electron chi connectivity index (χ0n) is 11.2. The van der Waals surface area contributed by atoms with E-state index in [-0.39, 0.29) is 5.91 Å². The average molecular weight is 243 g/mol. The Hall–Kier alpha value is -1.06. The summed E-state index contributed by atoms with van der Waals surface area (Å²) in [5.74, 6) is -1.09. The molecule has 0 aliphatic rings. The molecule has 0 heterocycles. The second-order valence-electron chi connectivity index (χ2n) is 4.45. The van der Waals surface area contributed by atoms with Crippen LogP contribution in [-0.4, -0.2) is 22.5 Å². The number of carboxylic acid groups (broad SMARTS) is 1. The number of nitrogens with one attached hydrogen (secondary N) is 1. The molecule has 0 unspecified atom stereocenters. The first-order chi connectivity index (χ1) is 8.02. The summed E-state index contributed by atoms with van der Waals surface area (Å²) in [7, 11) is 0. The van der Waals surface area contributed by atoms with Gasteiger partial charge in [-0.15, -0.1) is 0 Å². The van der Waals surface area contributed by atoms with E-state index in [2.05, 4.69) is 12.2 Å². The largest absolute Gasteiger partial charge is 0.480 e. The van der Waals surface area contributed by atoms with E-state index < -0.39 is 11.5 Å². The molecule has 0 rings (SSSR count). The molecule has 0 aliphatic heterocycles. The Morgan fingerprint density at radius 3 is 2.06 bits per heavy atom. The van der Waals surface area contributed by atoms with Crippen molar-refractivity contribution in [2.24, 2.45) is 0 Å². The summed E-state index contributed by atoms with van der Waals surface area (Å²) in [4.78, 5) is 22.9. The number of carbonyl (C=O) groups is 2. The zero-order valence-corrected chi connectivity index (χ0v) is 11.2. The molecule has 0 spiro atoms. The quantitative estimate of drug-likeness (QED) is 0.612. The number of aliphatic carboxylic acids is 1. The molecule has 0 aromatic rings. The normalized spacial score (nSPS) is 11.2. The van der Waals surface area contributed by atoms with Gasteiger partial charge in [-0.05, 0) is 19.3 Å². The van der Waals surface area contributed by atoms with E-state index >= 15 is 0 Å². The molecule has 0 atom stereocenters. The Labute approximate surface area is 104 Å². The van der Waals surface area contributed by atoms with Crippen molar-refractivity contribution < 1.29 is 14.7 Å². The molecule has 0 aromatic carbocycles. The molecule has 4 nitrogen and oxygen atoms in total. The van der Waals surface area contributed by atoms with Crippen molar-refractivity contribution in [3.05, 3.63) is 0 Å². The summed E-state index contributed by atoms with van der Waals surface area (Å²) in [6.45, 7) is 5.69. The van der Waals surface area contributed by atoms with Crippen LogP contribution in [0, 0.1) is 0 Å². The molecule has 0 radical (unpaired) electrons. The molecule has 1 amide bonds. The molecular formula is C13H25NO3. The van der Waals surface area contributed by atoms with Crippen LogP contribution >= 0.6 is 0 Å². The van der Waals surface area contributed by atoms with Crippen molar-refractivity contribution in [2.45, 2.75) is 71.3 Å². The van der Waals surface area contributed by atoms with E-state index in [1.807, 2.05) is 0 Å². The van der Waals surface area contributed by atoms with Gasteiger partial charge in [-0.2, -0.15) is 0 Å². The van der Waals surface area contributed by atoms with E-state index in [0.717, 1.165) is 25.7 Å². The fourth-order valence-corrected chi connectivity index (χ4v) is 1.82. The molecule has 0 aromatic heterocycles. The van der Waals surface area contributed by atoms with Crippen LogP contribution in [0.15, 0.2) is 0 Å². The highest BCUT2D eigenvalue weighted by molar-refractivity contribution is 5.86. The third kappa shape index (κ3) is 5.20. The summed E-state index contributed by atoms with van der Waals surface area (Å²) < 4.78 is 0. The Kier molecular flexibility index (Phi) is 7.59. The fraction of sp³-hybridized carbons (Fsp3) is 0.846. The smallest absolute Gasteiger partial charge is 0.329 e. The number of hydrogen-bond acceptors (Lipinski definition) is 2. The second-order valence-corrected chi connectivity index (χ2v) is 4.45. The summed E-state index contributed by atoms with van der Waals surface area (Å²) in [5.41, 5.74) is -1.08. The highest BCUT2D eigenvalue weighted by Crippen LogP contribution is 2.16. The van der Waals surface area contributed by atoms with Crippen LogP contribution in [0.5, 0.6) is 0 Å². The average Bonchev–Trinajstić information content (AvgIpc) is 2.31. The molecule has 0 saturated heterocycles. The van der Waals surface area contributed by atoms with Gasteiger partial charge in [0.2, 0.25) is 5.91 Å². The van der Waals surface area contributed by atoms with Crippen LogP contribution < -0.4 is 5.32 Å². The van der Waals surface area contributed by atoms with Gasteiger partial charge < -0.3 is 10.4 Å². The predicted octanol–water partition coefficient (Wildman–Crippen LogP) is 2.72. The maximum Gasteiger partial charge on any atom is 0.329 e. The maximum absolute atomic E-state index is 11.7. The van der Waals surface area contributed by atoms with Crippen LogP contribution in [0.3, 0.4) is 0 Å². The van der Waals surface area contributed by atoms with Crippen LogP contribution in [0.4, 0.5) is 0 Å². The predicted molar refractivity (Wildman–Crippen MR) is 67.9 cm³/mol. The first kappa shape index (κ1) is 15.9. The second kappa shape index (κ2) is 8.09. The lowest BCUT2D eigenvalue weighted by Gasteiger charge is -2.28. The monoisotopic (exact) mass is 243 g/mol. The minimum atomic E-state index is -1.08. The summed E-state index contributed by atoms with van der Waals surface area (Å²) in [6, 6.07) is 0. The molecular weight excluding hydrogens is 218 g/mol. The number of hydrogen-bond donors (Lipinski definition) is 2.